The van der Waals surface area contributed by atoms with Crippen LogP contribution in [0, 0.1) is 0 Å². The number of thiazole rings is 1. The highest BCUT2D eigenvalue weighted by Gasteiger charge is 2.33. The van der Waals surface area contributed by atoms with Crippen molar-refractivity contribution in [3.8, 4) is 0 Å². The number of aryl methyl sites for hydroxylation is 2. The molecular formula is C13H19NO2S. The number of aromatic nitrogens is 1. The van der Waals surface area contributed by atoms with Gasteiger partial charge in [0.1, 0.15) is 5.92 Å². The molecule has 1 heterocycles. The molecule has 1 unspecified atom stereocenters. The summed E-state index contributed by atoms with van der Waals surface area (Å²) in [5, 5.41) is 1.19. The van der Waals surface area contributed by atoms with E-state index in [0.717, 1.165) is 25.0 Å². The summed E-state index contributed by atoms with van der Waals surface area (Å²) in [4.78, 5) is 17.7. The van der Waals surface area contributed by atoms with E-state index >= 15 is 0 Å². The van der Waals surface area contributed by atoms with E-state index in [1.54, 1.807) is 11.3 Å². The zero-order valence-corrected chi connectivity index (χ0v) is 11.3. The molecule has 4 heteroatoms. The van der Waals surface area contributed by atoms with Crippen LogP contribution in [0.1, 0.15) is 54.6 Å². The molecule has 1 aromatic rings. The maximum Gasteiger partial charge on any atom is 0.315 e. The topological polar surface area (TPSA) is 39.2 Å². The summed E-state index contributed by atoms with van der Waals surface area (Å²) >= 11 is 1.78. The molecule has 0 bridgehead atoms. The van der Waals surface area contributed by atoms with E-state index in [-0.39, 0.29) is 11.9 Å². The van der Waals surface area contributed by atoms with E-state index in [1.807, 2.05) is 6.92 Å². The van der Waals surface area contributed by atoms with Crippen LogP contribution >= 0.6 is 11.3 Å². The Morgan fingerprint density at radius 1 is 1.53 bits per heavy atom. The third-order valence-corrected chi connectivity index (χ3v) is 4.27. The summed E-state index contributed by atoms with van der Waals surface area (Å²) < 4.78 is 5.10. The molecule has 0 N–H and O–H groups in total. The van der Waals surface area contributed by atoms with Crippen LogP contribution in [0.5, 0.6) is 0 Å². The van der Waals surface area contributed by atoms with Crippen LogP contribution in [0.2, 0.25) is 0 Å². The molecule has 1 aliphatic rings. The number of nitrogens with zero attached hydrogens (tertiary/aromatic N) is 1. The van der Waals surface area contributed by atoms with Crippen molar-refractivity contribution in [2.24, 2.45) is 0 Å². The smallest absolute Gasteiger partial charge is 0.315 e. The van der Waals surface area contributed by atoms with Crippen molar-refractivity contribution in [2.45, 2.75) is 51.9 Å². The number of esters is 1. The largest absolute Gasteiger partial charge is 0.465 e. The molecule has 0 saturated carbocycles. The van der Waals surface area contributed by atoms with Crippen molar-refractivity contribution in [3.63, 3.8) is 0 Å². The van der Waals surface area contributed by atoms with Gasteiger partial charge in [0.15, 0.2) is 0 Å². The van der Waals surface area contributed by atoms with Crippen molar-refractivity contribution in [3.05, 3.63) is 15.6 Å². The average molecular weight is 253 g/mol. The second kappa shape index (κ2) is 5.63. The summed E-state index contributed by atoms with van der Waals surface area (Å²) in [6.07, 6.45) is 5.27. The molecule has 0 spiro atoms. The molecule has 0 aromatic carbocycles. The second-order valence-electron chi connectivity index (χ2n) is 4.36. The molecule has 0 radical (unpaired) electrons. The Morgan fingerprint density at radius 3 is 3.06 bits per heavy atom. The minimum Gasteiger partial charge on any atom is -0.465 e. The normalized spacial score (nSPS) is 18.1. The van der Waals surface area contributed by atoms with E-state index in [4.69, 9.17) is 4.74 Å². The zero-order chi connectivity index (χ0) is 12.3. The molecule has 2 rings (SSSR count). The number of fused-ring (bicyclic) bond motifs is 1. The average Bonchev–Trinajstić information content (AvgIpc) is 2.85. The first-order chi connectivity index (χ1) is 8.26. The van der Waals surface area contributed by atoms with Gasteiger partial charge >= 0.3 is 5.97 Å². The Kier molecular flexibility index (Phi) is 4.15. The molecule has 0 fully saturated rings. The summed E-state index contributed by atoms with van der Waals surface area (Å²) in [5.74, 6) is -0.199. The molecular weight excluding hydrogens is 234 g/mol. The lowest BCUT2D eigenvalue weighted by atomic mass is 10.1. The van der Waals surface area contributed by atoms with Crippen LogP contribution < -0.4 is 0 Å². The van der Waals surface area contributed by atoms with Crippen molar-refractivity contribution >= 4 is 17.3 Å². The van der Waals surface area contributed by atoms with Crippen molar-refractivity contribution in [2.75, 3.05) is 6.61 Å². The van der Waals surface area contributed by atoms with E-state index < -0.39 is 0 Å². The fourth-order valence-corrected chi connectivity index (χ4v) is 3.37. The molecule has 1 atom stereocenters. The van der Waals surface area contributed by atoms with Crippen LogP contribution in [0.15, 0.2) is 0 Å². The summed E-state index contributed by atoms with van der Waals surface area (Å²) in [5.41, 5.74) is 1.000. The van der Waals surface area contributed by atoms with Gasteiger partial charge in [0.05, 0.1) is 17.3 Å². The van der Waals surface area contributed by atoms with Crippen LogP contribution in [0.3, 0.4) is 0 Å². The van der Waals surface area contributed by atoms with Crippen molar-refractivity contribution < 1.29 is 9.53 Å². The summed E-state index contributed by atoms with van der Waals surface area (Å²) in [6, 6.07) is 0. The molecule has 0 saturated heterocycles. The number of hydrogen-bond donors (Lipinski definition) is 0. The zero-order valence-electron chi connectivity index (χ0n) is 10.5. The fourth-order valence-electron chi connectivity index (χ4n) is 2.18. The lowest BCUT2D eigenvalue weighted by Gasteiger charge is -2.07. The predicted molar refractivity (Wildman–Crippen MR) is 68.4 cm³/mol. The minimum absolute atomic E-state index is 0.0985. The van der Waals surface area contributed by atoms with Gasteiger partial charge in [-0.2, -0.15) is 0 Å². The number of ether oxygens (including phenoxy) is 1. The lowest BCUT2D eigenvalue weighted by Crippen LogP contribution is -2.14. The Labute approximate surface area is 106 Å². The van der Waals surface area contributed by atoms with Crippen LogP contribution in [-0.4, -0.2) is 17.6 Å². The summed E-state index contributed by atoms with van der Waals surface area (Å²) in [6.45, 7) is 4.49. The monoisotopic (exact) mass is 253 g/mol. The highest BCUT2D eigenvalue weighted by Crippen LogP contribution is 2.37. The highest BCUT2D eigenvalue weighted by molar-refractivity contribution is 7.11. The summed E-state index contributed by atoms with van der Waals surface area (Å²) in [7, 11) is 0. The Bertz CT molecular complexity index is 400. The Morgan fingerprint density at radius 2 is 2.35 bits per heavy atom. The SMILES string of the molecule is CCCCc1nc2c(s1)CCC2C(=O)OCC. The van der Waals surface area contributed by atoms with Crippen molar-refractivity contribution in [1.82, 2.24) is 4.98 Å². The van der Waals surface area contributed by atoms with Crippen molar-refractivity contribution in [1.29, 1.82) is 0 Å². The van der Waals surface area contributed by atoms with Crippen LogP contribution in [0.25, 0.3) is 0 Å². The molecule has 1 aromatic heterocycles. The van der Waals surface area contributed by atoms with Gasteiger partial charge in [-0.3, -0.25) is 4.79 Å². The maximum atomic E-state index is 11.8. The third-order valence-electron chi connectivity index (χ3n) is 3.08. The van der Waals surface area contributed by atoms with Gasteiger partial charge in [-0.1, -0.05) is 13.3 Å². The highest BCUT2D eigenvalue weighted by atomic mass is 32.1. The third kappa shape index (κ3) is 2.68. The molecule has 1 aliphatic carbocycles. The Balaban J connectivity index is 2.08. The van der Waals surface area contributed by atoms with Gasteiger partial charge in [-0.05, 0) is 32.6 Å². The number of carbonyl (C=O) groups excluding carboxylic acids is 1. The standard InChI is InChI=1S/C13H19NO2S/c1-3-5-6-11-14-12-9(13(15)16-4-2)7-8-10(12)17-11/h9H,3-8H2,1-2H3. The van der Waals surface area contributed by atoms with E-state index in [2.05, 4.69) is 11.9 Å². The second-order valence-corrected chi connectivity index (χ2v) is 5.53. The van der Waals surface area contributed by atoms with Crippen LogP contribution in [-0.2, 0) is 22.4 Å². The van der Waals surface area contributed by atoms with Gasteiger partial charge < -0.3 is 4.74 Å². The molecule has 94 valence electrons. The number of hydrogen-bond acceptors (Lipinski definition) is 4. The van der Waals surface area contributed by atoms with Gasteiger partial charge in [-0.25, -0.2) is 4.98 Å². The number of rotatable bonds is 5. The Hall–Kier alpha value is -0.900. The van der Waals surface area contributed by atoms with Gasteiger partial charge in [0.25, 0.3) is 0 Å². The molecule has 17 heavy (non-hydrogen) atoms. The first kappa shape index (κ1) is 12.6. The fraction of sp³-hybridized carbons (Fsp3) is 0.692. The first-order valence-electron chi connectivity index (χ1n) is 6.41. The van der Waals surface area contributed by atoms with E-state index in [0.29, 0.717) is 6.61 Å². The van der Waals surface area contributed by atoms with E-state index in [1.165, 1.54) is 22.7 Å². The molecule has 0 aliphatic heterocycles. The lowest BCUT2D eigenvalue weighted by molar-refractivity contribution is -0.145. The number of unbranched alkanes of at least 4 members (excludes halogenated alkanes) is 1. The maximum absolute atomic E-state index is 11.8. The van der Waals surface area contributed by atoms with Gasteiger partial charge in [0, 0.05) is 4.88 Å². The number of carbonyl (C=O) groups is 1. The predicted octanol–water partition coefficient (Wildman–Crippen LogP) is 3.08. The van der Waals surface area contributed by atoms with Gasteiger partial charge in [0.2, 0.25) is 0 Å². The molecule has 0 amide bonds. The molecule has 3 nitrogen and oxygen atoms in total. The first-order valence-corrected chi connectivity index (χ1v) is 7.23. The van der Waals surface area contributed by atoms with Crippen LogP contribution in [0.4, 0.5) is 0 Å². The van der Waals surface area contributed by atoms with E-state index in [9.17, 15) is 4.79 Å². The quantitative estimate of drug-likeness (QED) is 0.757. The van der Waals surface area contributed by atoms with Gasteiger partial charge in [-0.15, -0.1) is 11.3 Å². The minimum atomic E-state index is -0.100.